The molecule has 0 N–H and O–H groups in total. The second-order valence-electron chi connectivity index (χ2n) is 6.23. The number of halogens is 1. The van der Waals surface area contributed by atoms with Crippen LogP contribution in [0.25, 0.3) is 0 Å². The smallest absolute Gasteiger partial charge is 0.411 e. The topological polar surface area (TPSA) is 89.8 Å². The summed E-state index contributed by atoms with van der Waals surface area (Å²) in [7, 11) is 1.33. The third-order valence-corrected chi connectivity index (χ3v) is 3.32. The minimum atomic E-state index is -1.54. The van der Waals surface area contributed by atoms with Crippen molar-refractivity contribution in [2.24, 2.45) is 0 Å². The Labute approximate surface area is 133 Å². The first-order valence-electron chi connectivity index (χ1n) is 6.80. The highest BCUT2D eigenvalue weighted by Gasteiger charge is 2.38. The van der Waals surface area contributed by atoms with Gasteiger partial charge in [0, 0.05) is 13.1 Å². The molecule has 0 spiro atoms. The van der Waals surface area contributed by atoms with Crippen molar-refractivity contribution in [2.75, 3.05) is 7.05 Å². The summed E-state index contributed by atoms with van der Waals surface area (Å²) in [5.41, 5.74) is -2.98. The van der Waals surface area contributed by atoms with Crippen molar-refractivity contribution in [1.29, 1.82) is 0 Å². The molecule has 0 aliphatic heterocycles. The average molecular weight is 326 g/mol. The summed E-state index contributed by atoms with van der Waals surface area (Å²) >= 11 is 0. The molecule has 1 atom stereocenters. The molecule has 0 fully saturated rings. The fourth-order valence-electron chi connectivity index (χ4n) is 1.83. The van der Waals surface area contributed by atoms with Crippen LogP contribution in [-0.2, 0) is 15.1 Å². The third kappa shape index (κ3) is 4.02. The molecule has 0 heterocycles. The van der Waals surface area contributed by atoms with Gasteiger partial charge < -0.3 is 9.53 Å². The van der Waals surface area contributed by atoms with E-state index in [-0.39, 0.29) is 5.56 Å². The number of hydrogen-bond acceptors (Lipinski definition) is 5. The first-order valence-corrected chi connectivity index (χ1v) is 6.80. The SMILES string of the molecule is CN(C(=O)OC(C)(C)C)C(C)(C=O)c1ccc(F)c([N+](=O)[O-])c1. The number of carbonyl (C=O) groups excluding carboxylic acids is 2. The molecular formula is C15H19FN2O5. The Morgan fingerprint density at radius 2 is 1.91 bits per heavy atom. The van der Waals surface area contributed by atoms with Crippen LogP contribution in [0.15, 0.2) is 18.2 Å². The van der Waals surface area contributed by atoms with Crippen LogP contribution in [0.5, 0.6) is 0 Å². The van der Waals surface area contributed by atoms with E-state index in [1.807, 2.05) is 0 Å². The molecule has 7 nitrogen and oxygen atoms in total. The summed E-state index contributed by atoms with van der Waals surface area (Å²) in [5.74, 6) is -1.02. The van der Waals surface area contributed by atoms with Crippen LogP contribution in [0.3, 0.4) is 0 Å². The van der Waals surface area contributed by atoms with Gasteiger partial charge in [0.1, 0.15) is 17.4 Å². The highest BCUT2D eigenvalue weighted by atomic mass is 19.1. The van der Waals surface area contributed by atoms with Crippen molar-refractivity contribution >= 4 is 18.1 Å². The standard InChI is InChI=1S/C15H19FN2O5/c1-14(2,3)23-13(20)17(5)15(4,9-19)10-6-7-11(16)12(8-10)18(21)22/h6-9H,1-5H3. The highest BCUT2D eigenvalue weighted by Crippen LogP contribution is 2.30. The summed E-state index contributed by atoms with van der Waals surface area (Å²) < 4.78 is 18.6. The number of benzene rings is 1. The van der Waals surface area contributed by atoms with Gasteiger partial charge in [-0.05, 0) is 39.3 Å². The molecule has 8 heteroatoms. The van der Waals surface area contributed by atoms with Gasteiger partial charge in [0.15, 0.2) is 0 Å². The quantitative estimate of drug-likeness (QED) is 0.482. The van der Waals surface area contributed by atoms with Gasteiger partial charge in [0.25, 0.3) is 0 Å². The van der Waals surface area contributed by atoms with Crippen molar-refractivity contribution in [1.82, 2.24) is 4.90 Å². The van der Waals surface area contributed by atoms with Crippen molar-refractivity contribution < 1.29 is 23.6 Å². The Kier molecular flexibility index (Phi) is 5.09. The zero-order chi connectivity index (χ0) is 18.0. The minimum Gasteiger partial charge on any atom is -0.444 e. The molecule has 0 saturated carbocycles. The minimum absolute atomic E-state index is 0.106. The molecule has 126 valence electrons. The van der Waals surface area contributed by atoms with Crippen molar-refractivity contribution in [3.05, 3.63) is 39.7 Å². The third-order valence-electron chi connectivity index (χ3n) is 3.32. The molecule has 1 unspecified atom stereocenters. The molecule has 0 aliphatic carbocycles. The Balaban J connectivity index is 3.29. The van der Waals surface area contributed by atoms with Crippen LogP contribution < -0.4 is 0 Å². The predicted molar refractivity (Wildman–Crippen MR) is 80.5 cm³/mol. The lowest BCUT2D eigenvalue weighted by Gasteiger charge is -2.35. The van der Waals surface area contributed by atoms with Gasteiger partial charge in [0.2, 0.25) is 5.82 Å². The molecule has 23 heavy (non-hydrogen) atoms. The number of rotatable bonds is 4. The van der Waals surface area contributed by atoms with E-state index in [0.717, 1.165) is 17.0 Å². The van der Waals surface area contributed by atoms with Crippen molar-refractivity contribution in [3.8, 4) is 0 Å². The summed E-state index contributed by atoms with van der Waals surface area (Å²) in [6.07, 6.45) is -0.326. The maximum Gasteiger partial charge on any atom is 0.411 e. The zero-order valence-electron chi connectivity index (χ0n) is 13.6. The molecule has 0 bridgehead atoms. The lowest BCUT2D eigenvalue weighted by atomic mass is 9.91. The number of nitro benzene ring substituents is 1. The second kappa shape index (κ2) is 6.31. The van der Waals surface area contributed by atoms with E-state index in [1.54, 1.807) is 20.8 Å². The Hall–Kier alpha value is -2.51. The monoisotopic (exact) mass is 326 g/mol. The van der Waals surface area contributed by atoms with E-state index in [2.05, 4.69) is 0 Å². The lowest BCUT2D eigenvalue weighted by Crippen LogP contribution is -2.48. The van der Waals surface area contributed by atoms with Gasteiger partial charge in [-0.15, -0.1) is 0 Å². The van der Waals surface area contributed by atoms with E-state index in [9.17, 15) is 24.1 Å². The summed E-state index contributed by atoms with van der Waals surface area (Å²) in [5, 5.41) is 10.9. The number of likely N-dealkylation sites (N-methyl/N-ethyl adjacent to an activating group) is 1. The summed E-state index contributed by atoms with van der Waals surface area (Å²) in [4.78, 5) is 34.7. The first kappa shape index (κ1) is 18.5. The van der Waals surface area contributed by atoms with Crippen LogP contribution >= 0.6 is 0 Å². The largest absolute Gasteiger partial charge is 0.444 e. The van der Waals surface area contributed by atoms with E-state index in [4.69, 9.17) is 4.74 Å². The van der Waals surface area contributed by atoms with E-state index in [1.165, 1.54) is 20.0 Å². The molecule has 0 aliphatic rings. The number of ether oxygens (including phenoxy) is 1. The lowest BCUT2D eigenvalue weighted by molar-refractivity contribution is -0.387. The van der Waals surface area contributed by atoms with Crippen molar-refractivity contribution in [3.63, 3.8) is 0 Å². The summed E-state index contributed by atoms with van der Waals surface area (Å²) in [6.45, 7) is 6.39. The van der Waals surface area contributed by atoms with Gasteiger partial charge in [-0.25, -0.2) is 4.79 Å². The molecule has 1 amide bonds. The van der Waals surface area contributed by atoms with Gasteiger partial charge in [-0.2, -0.15) is 4.39 Å². The number of hydrogen-bond donors (Lipinski definition) is 0. The van der Waals surface area contributed by atoms with Gasteiger partial charge in [-0.3, -0.25) is 15.0 Å². The Bertz CT molecular complexity index is 641. The molecular weight excluding hydrogens is 307 g/mol. The highest BCUT2D eigenvalue weighted by molar-refractivity contribution is 5.78. The fourth-order valence-corrected chi connectivity index (χ4v) is 1.83. The maximum absolute atomic E-state index is 13.5. The second-order valence-corrected chi connectivity index (χ2v) is 6.23. The molecule has 0 saturated heterocycles. The van der Waals surface area contributed by atoms with Crippen LogP contribution in [-0.4, -0.2) is 34.9 Å². The van der Waals surface area contributed by atoms with Crippen LogP contribution in [0.4, 0.5) is 14.9 Å². The number of amides is 1. The number of aldehydes is 1. The normalized spacial score (nSPS) is 13.8. The van der Waals surface area contributed by atoms with Gasteiger partial charge >= 0.3 is 11.8 Å². The summed E-state index contributed by atoms with van der Waals surface area (Å²) in [6, 6.07) is 3.04. The molecule has 1 aromatic rings. The molecule has 0 aromatic heterocycles. The Morgan fingerprint density at radius 3 is 2.35 bits per heavy atom. The van der Waals surface area contributed by atoms with Crippen LogP contribution in [0, 0.1) is 15.9 Å². The molecule has 1 rings (SSSR count). The average Bonchev–Trinajstić information content (AvgIpc) is 2.43. The van der Waals surface area contributed by atoms with E-state index in [0.29, 0.717) is 6.29 Å². The van der Waals surface area contributed by atoms with Crippen LogP contribution in [0.1, 0.15) is 33.3 Å². The first-order chi connectivity index (χ1) is 10.4. The zero-order valence-corrected chi connectivity index (χ0v) is 13.6. The molecule has 0 radical (unpaired) electrons. The Morgan fingerprint density at radius 1 is 1.35 bits per heavy atom. The number of nitro groups is 1. The van der Waals surface area contributed by atoms with Gasteiger partial charge in [0.05, 0.1) is 4.92 Å². The van der Waals surface area contributed by atoms with Crippen molar-refractivity contribution in [2.45, 2.75) is 38.8 Å². The number of carbonyl (C=O) groups is 2. The van der Waals surface area contributed by atoms with E-state index < -0.39 is 33.7 Å². The number of nitrogens with zero attached hydrogens (tertiary/aromatic N) is 2. The van der Waals surface area contributed by atoms with E-state index >= 15 is 0 Å². The van der Waals surface area contributed by atoms with Gasteiger partial charge in [-0.1, -0.05) is 6.07 Å². The van der Waals surface area contributed by atoms with Crippen LogP contribution in [0.2, 0.25) is 0 Å². The molecule has 1 aromatic carbocycles. The fraction of sp³-hybridized carbons (Fsp3) is 0.467. The predicted octanol–water partition coefficient (Wildman–Crippen LogP) is 3.01. The maximum atomic E-state index is 13.5.